The highest BCUT2D eigenvalue weighted by Gasteiger charge is 2.16. The Bertz CT molecular complexity index is 494. The molecule has 1 aromatic heterocycles. The lowest BCUT2D eigenvalue weighted by Crippen LogP contribution is -2.22. The van der Waals surface area contributed by atoms with Crippen molar-refractivity contribution < 1.29 is 0 Å². The van der Waals surface area contributed by atoms with Crippen LogP contribution in [0.1, 0.15) is 63.4 Å². The topological polar surface area (TPSA) is 67.6 Å². The van der Waals surface area contributed by atoms with Crippen LogP contribution < -0.4 is 5.73 Å². The van der Waals surface area contributed by atoms with Crippen LogP contribution in [0.25, 0.3) is 0 Å². The molecule has 0 aromatic carbocycles. The molecule has 0 aliphatic carbocycles. The van der Waals surface area contributed by atoms with E-state index in [4.69, 9.17) is 11.0 Å². The van der Waals surface area contributed by atoms with Gasteiger partial charge >= 0.3 is 0 Å². The molecule has 4 heteroatoms. The van der Waals surface area contributed by atoms with E-state index in [0.29, 0.717) is 0 Å². The molecule has 0 aliphatic heterocycles. The molecule has 118 valence electrons. The van der Waals surface area contributed by atoms with Gasteiger partial charge < -0.3 is 5.73 Å². The predicted octanol–water partition coefficient (Wildman–Crippen LogP) is 3.50. The number of nitriles is 1. The fraction of sp³-hybridized carbons (Fsp3) is 0.765. The zero-order valence-corrected chi connectivity index (χ0v) is 14.2. The van der Waals surface area contributed by atoms with Crippen LogP contribution in [0.4, 0.5) is 0 Å². The lowest BCUT2D eigenvalue weighted by atomic mass is 9.89. The molecule has 1 atom stereocenters. The van der Waals surface area contributed by atoms with Crippen LogP contribution in [0, 0.1) is 30.6 Å². The van der Waals surface area contributed by atoms with E-state index in [0.717, 1.165) is 44.3 Å². The molecule has 0 bridgehead atoms. The van der Waals surface area contributed by atoms with Gasteiger partial charge in [-0.05, 0) is 58.9 Å². The quantitative estimate of drug-likeness (QED) is 0.745. The van der Waals surface area contributed by atoms with Crippen LogP contribution in [0.15, 0.2) is 0 Å². The monoisotopic (exact) mass is 290 g/mol. The van der Waals surface area contributed by atoms with Crippen molar-refractivity contribution in [2.24, 2.45) is 11.1 Å². The van der Waals surface area contributed by atoms with E-state index in [2.05, 4.69) is 36.6 Å². The molecule has 4 nitrogen and oxygen atoms in total. The standard InChI is InChI=1S/C17H30N4/c1-6-15(19)11-16-13(2)20-21(14(16)3)10-8-7-9-17(4,5)12-18/h15H,6-11,19H2,1-5H3. The maximum absolute atomic E-state index is 9.02. The zero-order valence-electron chi connectivity index (χ0n) is 14.2. The number of nitrogens with zero attached hydrogens (tertiary/aromatic N) is 3. The molecule has 0 aliphatic rings. The van der Waals surface area contributed by atoms with E-state index in [1.54, 1.807) is 0 Å². The molecule has 1 heterocycles. The highest BCUT2D eigenvalue weighted by Crippen LogP contribution is 2.22. The number of unbranched alkanes of at least 4 members (excludes halogenated alkanes) is 1. The third-order valence-electron chi connectivity index (χ3n) is 4.25. The van der Waals surface area contributed by atoms with Gasteiger partial charge in [0, 0.05) is 18.3 Å². The normalized spacial score (nSPS) is 13.2. The predicted molar refractivity (Wildman–Crippen MR) is 86.9 cm³/mol. The van der Waals surface area contributed by atoms with Gasteiger partial charge in [0.1, 0.15) is 0 Å². The van der Waals surface area contributed by atoms with Crippen molar-refractivity contribution in [3.63, 3.8) is 0 Å². The second kappa shape index (κ2) is 7.61. The minimum atomic E-state index is -0.214. The van der Waals surface area contributed by atoms with Crippen LogP contribution in [-0.2, 0) is 13.0 Å². The van der Waals surface area contributed by atoms with E-state index >= 15 is 0 Å². The van der Waals surface area contributed by atoms with Crippen LogP contribution in [-0.4, -0.2) is 15.8 Å². The summed E-state index contributed by atoms with van der Waals surface area (Å²) in [7, 11) is 0. The Labute approximate surface area is 129 Å². The van der Waals surface area contributed by atoms with Crippen molar-refractivity contribution in [3.8, 4) is 6.07 Å². The first kappa shape index (κ1) is 17.7. The highest BCUT2D eigenvalue weighted by atomic mass is 15.3. The van der Waals surface area contributed by atoms with Gasteiger partial charge in [-0.15, -0.1) is 0 Å². The van der Waals surface area contributed by atoms with Gasteiger partial charge in [-0.1, -0.05) is 13.3 Å². The summed E-state index contributed by atoms with van der Waals surface area (Å²) in [6.07, 6.45) is 4.97. The summed E-state index contributed by atoms with van der Waals surface area (Å²) >= 11 is 0. The maximum Gasteiger partial charge on any atom is 0.0683 e. The third kappa shape index (κ3) is 5.17. The van der Waals surface area contributed by atoms with E-state index in [9.17, 15) is 0 Å². The lowest BCUT2D eigenvalue weighted by molar-refractivity contribution is 0.410. The minimum Gasteiger partial charge on any atom is -0.327 e. The lowest BCUT2D eigenvalue weighted by Gasteiger charge is -2.14. The number of aromatic nitrogens is 2. The highest BCUT2D eigenvalue weighted by molar-refractivity contribution is 5.25. The van der Waals surface area contributed by atoms with Gasteiger partial charge in [-0.3, -0.25) is 4.68 Å². The molecular formula is C17H30N4. The molecule has 0 amide bonds. The molecular weight excluding hydrogens is 260 g/mol. The maximum atomic E-state index is 9.02. The Hall–Kier alpha value is -1.34. The fourth-order valence-electron chi connectivity index (χ4n) is 2.54. The third-order valence-corrected chi connectivity index (χ3v) is 4.25. The molecule has 21 heavy (non-hydrogen) atoms. The summed E-state index contributed by atoms with van der Waals surface area (Å²) in [5, 5.41) is 13.7. The molecule has 1 aromatic rings. The van der Waals surface area contributed by atoms with Crippen LogP contribution >= 0.6 is 0 Å². The molecule has 0 radical (unpaired) electrons. The molecule has 0 spiro atoms. The average Bonchev–Trinajstić information content (AvgIpc) is 2.71. The molecule has 1 unspecified atom stereocenters. The van der Waals surface area contributed by atoms with Crippen molar-refractivity contribution in [2.75, 3.05) is 0 Å². The van der Waals surface area contributed by atoms with E-state index in [1.165, 1.54) is 11.3 Å². The van der Waals surface area contributed by atoms with Crippen LogP contribution in [0.3, 0.4) is 0 Å². The minimum absolute atomic E-state index is 0.214. The zero-order chi connectivity index (χ0) is 16.0. The van der Waals surface area contributed by atoms with Gasteiger partial charge in [0.2, 0.25) is 0 Å². The smallest absolute Gasteiger partial charge is 0.0683 e. The van der Waals surface area contributed by atoms with Crippen LogP contribution in [0.2, 0.25) is 0 Å². The van der Waals surface area contributed by atoms with E-state index < -0.39 is 0 Å². The van der Waals surface area contributed by atoms with E-state index in [-0.39, 0.29) is 11.5 Å². The molecule has 1 rings (SSSR count). The summed E-state index contributed by atoms with van der Waals surface area (Å²) in [6, 6.07) is 2.58. The van der Waals surface area contributed by atoms with Crippen LogP contribution in [0.5, 0.6) is 0 Å². The Kier molecular flexibility index (Phi) is 6.42. The van der Waals surface area contributed by atoms with Gasteiger partial charge in [-0.2, -0.15) is 10.4 Å². The summed E-state index contributed by atoms with van der Waals surface area (Å²) < 4.78 is 2.10. The fourth-order valence-corrected chi connectivity index (χ4v) is 2.54. The Balaban J connectivity index is 2.57. The Morgan fingerprint density at radius 2 is 2.00 bits per heavy atom. The second-order valence-corrected chi connectivity index (χ2v) is 6.70. The van der Waals surface area contributed by atoms with Gasteiger partial charge in [0.15, 0.2) is 0 Å². The largest absolute Gasteiger partial charge is 0.327 e. The number of hydrogen-bond donors (Lipinski definition) is 1. The SMILES string of the molecule is CCC(N)Cc1c(C)nn(CCCCC(C)(C)C#N)c1C. The first-order valence-electron chi connectivity index (χ1n) is 8.00. The molecule has 0 fully saturated rings. The van der Waals surface area contributed by atoms with Crippen molar-refractivity contribution in [2.45, 2.75) is 79.3 Å². The Morgan fingerprint density at radius 3 is 2.57 bits per heavy atom. The van der Waals surface area contributed by atoms with E-state index in [1.807, 2.05) is 13.8 Å². The van der Waals surface area contributed by atoms with Crippen molar-refractivity contribution in [1.82, 2.24) is 9.78 Å². The van der Waals surface area contributed by atoms with Crippen molar-refractivity contribution >= 4 is 0 Å². The summed E-state index contributed by atoms with van der Waals surface area (Å²) in [5.74, 6) is 0. The molecule has 0 saturated carbocycles. The second-order valence-electron chi connectivity index (χ2n) is 6.70. The van der Waals surface area contributed by atoms with Gasteiger partial charge in [0.05, 0.1) is 17.2 Å². The number of hydrogen-bond acceptors (Lipinski definition) is 3. The summed E-state index contributed by atoms with van der Waals surface area (Å²) in [6.45, 7) is 11.3. The van der Waals surface area contributed by atoms with Crippen molar-refractivity contribution in [3.05, 3.63) is 17.0 Å². The van der Waals surface area contributed by atoms with Crippen molar-refractivity contribution in [1.29, 1.82) is 5.26 Å². The first-order valence-corrected chi connectivity index (χ1v) is 8.00. The average molecular weight is 290 g/mol. The number of rotatable bonds is 8. The van der Waals surface area contributed by atoms with Gasteiger partial charge in [-0.25, -0.2) is 0 Å². The number of aryl methyl sites for hydroxylation is 2. The first-order chi connectivity index (χ1) is 9.80. The molecule has 0 saturated heterocycles. The number of nitrogens with two attached hydrogens (primary N) is 1. The Morgan fingerprint density at radius 1 is 1.33 bits per heavy atom. The molecule has 2 N–H and O–H groups in total. The summed E-state index contributed by atoms with van der Waals surface area (Å²) in [4.78, 5) is 0. The van der Waals surface area contributed by atoms with Gasteiger partial charge in [0.25, 0.3) is 0 Å². The summed E-state index contributed by atoms with van der Waals surface area (Å²) in [5.41, 5.74) is 9.51.